The summed E-state index contributed by atoms with van der Waals surface area (Å²) in [4.78, 5) is 1.13. The first-order valence-corrected chi connectivity index (χ1v) is 7.29. The van der Waals surface area contributed by atoms with E-state index >= 15 is 0 Å². The van der Waals surface area contributed by atoms with Crippen molar-refractivity contribution in [2.24, 2.45) is 5.92 Å². The molecule has 1 spiro atoms. The molecule has 2 unspecified atom stereocenters. The van der Waals surface area contributed by atoms with E-state index in [1.165, 1.54) is 12.1 Å². The molecule has 1 aromatic carbocycles. The Morgan fingerprint density at radius 1 is 1.55 bits per heavy atom. The van der Waals surface area contributed by atoms with Gasteiger partial charge in [0.2, 0.25) is 1.43 Å². The molecule has 2 heterocycles. The van der Waals surface area contributed by atoms with Crippen molar-refractivity contribution < 1.29 is 26.9 Å². The van der Waals surface area contributed by atoms with Crippen molar-refractivity contribution in [1.82, 2.24) is 4.90 Å². The highest BCUT2D eigenvalue weighted by Crippen LogP contribution is 2.62. The fraction of sp³-hybridized carbons (Fsp3) is 0.556. The minimum Gasteiger partial charge on any atom is -0.493 e. The summed E-state index contributed by atoms with van der Waals surface area (Å²) in [7, 11) is -2.80. The van der Waals surface area contributed by atoms with Gasteiger partial charge < -0.3 is 19.5 Å². The van der Waals surface area contributed by atoms with Gasteiger partial charge in [-0.3, -0.25) is 0 Å². The van der Waals surface area contributed by atoms with Crippen LogP contribution in [0.5, 0.6) is 11.5 Å². The molecule has 0 aromatic heterocycles. The average Bonchev–Trinajstić information content (AvgIpc) is 2.92. The van der Waals surface area contributed by atoms with E-state index < -0.39 is 43.5 Å². The fourth-order valence-electron chi connectivity index (χ4n) is 4.51. The highest BCUT2D eigenvalue weighted by molar-refractivity contribution is 5.62. The number of piperidine rings is 1. The largest absolute Gasteiger partial charge is 0.493 e. The first-order valence-electron chi connectivity index (χ1n) is 12.2. The van der Waals surface area contributed by atoms with Gasteiger partial charge in [-0.2, -0.15) is 0 Å². The lowest BCUT2D eigenvalue weighted by Gasteiger charge is -2.56. The normalized spacial score (nSPS) is 58.8. The van der Waals surface area contributed by atoms with Crippen molar-refractivity contribution >= 4 is 0 Å². The van der Waals surface area contributed by atoms with Crippen LogP contribution in [0.4, 0.5) is 0 Å². The summed E-state index contributed by atoms with van der Waals surface area (Å²) in [6.45, 7) is -2.64. The average molecular weight is 309 g/mol. The van der Waals surface area contributed by atoms with Gasteiger partial charge in [0.1, 0.15) is 12.2 Å². The van der Waals surface area contributed by atoms with Crippen molar-refractivity contribution in [2.75, 3.05) is 20.6 Å². The molecule has 2 aliphatic carbocycles. The van der Waals surface area contributed by atoms with Crippen LogP contribution in [0.15, 0.2) is 24.3 Å². The van der Waals surface area contributed by atoms with Crippen LogP contribution in [0.2, 0.25) is 0 Å². The number of likely N-dealkylation sites (tertiary alicyclic amines) is 1. The van der Waals surface area contributed by atoms with Crippen LogP contribution in [0.3, 0.4) is 0 Å². The summed E-state index contributed by atoms with van der Waals surface area (Å²) in [5.74, 6) is -1.05. The lowest BCUT2D eigenvalue weighted by atomic mass is 9.53. The van der Waals surface area contributed by atoms with Crippen LogP contribution in [0.25, 0.3) is 0 Å². The molecular weight excluding hydrogens is 278 g/mol. The Balaban J connectivity index is 1.82. The molecule has 1 aromatic rings. The lowest BCUT2D eigenvalue weighted by molar-refractivity contribution is -0.0453. The molecule has 1 saturated heterocycles. The zero-order valence-corrected chi connectivity index (χ0v) is 11.7. The Morgan fingerprint density at radius 2 is 2.55 bits per heavy atom. The maximum atomic E-state index is 9.30. The van der Waals surface area contributed by atoms with E-state index in [1.807, 2.05) is 0 Å². The number of ether oxygens (including phenoxy) is 2. The molecule has 1 fully saturated rings. The number of hydrogen-bond acceptors (Lipinski definition) is 4. The van der Waals surface area contributed by atoms with E-state index in [4.69, 9.17) is 20.5 Å². The quantitative estimate of drug-likeness (QED) is 0.841. The summed E-state index contributed by atoms with van der Waals surface area (Å²) in [5.41, 5.74) is -0.453. The van der Waals surface area contributed by atoms with Crippen molar-refractivity contribution in [3.63, 3.8) is 0 Å². The van der Waals surface area contributed by atoms with Gasteiger partial charge >= 0.3 is 0 Å². The Morgan fingerprint density at radius 3 is 3.41 bits per heavy atom. The summed E-state index contributed by atoms with van der Waals surface area (Å²) >= 11 is 0. The fourth-order valence-corrected chi connectivity index (χ4v) is 4.51. The van der Waals surface area contributed by atoms with Gasteiger partial charge in [0.25, 0.3) is 0 Å². The summed E-state index contributed by atoms with van der Waals surface area (Å²) in [6, 6.07) is 1.24. The molecule has 2 aliphatic heterocycles. The standard InChI is InChI=1S/C18H21NO3/c1-19-8-7-18-11-4-5-13(20)17(18)22-16-14(21-2)6-3-10(15(16)18)9-12(11)19/h3-6,11-13,17,20H,7-9H2,1-2H3/t11-,12+,13?,17?,18-/m0/s1/i1D3,2D3,12D,13D,17D,20D. The second kappa shape index (κ2) is 4.06. The van der Waals surface area contributed by atoms with Gasteiger partial charge in [0.15, 0.2) is 11.5 Å². The van der Waals surface area contributed by atoms with E-state index in [0.717, 1.165) is 11.0 Å². The van der Waals surface area contributed by atoms with Gasteiger partial charge in [0, 0.05) is 28.4 Å². The number of benzene rings is 1. The maximum Gasteiger partial charge on any atom is 0.211 e. The zero-order valence-electron chi connectivity index (χ0n) is 21.7. The molecule has 4 heteroatoms. The second-order valence-corrected chi connectivity index (χ2v) is 6.20. The minimum atomic E-state index is -2.80. The van der Waals surface area contributed by atoms with Crippen LogP contribution in [0.1, 0.15) is 29.9 Å². The van der Waals surface area contributed by atoms with Crippen LogP contribution in [0, 0.1) is 5.92 Å². The highest BCUT2D eigenvalue weighted by Gasteiger charge is 2.64. The Labute approximate surface area is 144 Å². The van der Waals surface area contributed by atoms with Gasteiger partial charge in [0.05, 0.1) is 13.9 Å². The molecule has 2 bridgehead atoms. The predicted molar refractivity (Wildman–Crippen MR) is 82.5 cm³/mol. The molecule has 5 atom stereocenters. The number of hydrogen-bond donors (Lipinski definition) is 1. The van der Waals surface area contributed by atoms with Gasteiger partial charge in [-0.25, -0.2) is 0 Å². The number of rotatable bonds is 2. The monoisotopic (exact) mass is 309 g/mol. The van der Waals surface area contributed by atoms with E-state index in [0.29, 0.717) is 11.1 Å². The van der Waals surface area contributed by atoms with E-state index in [1.54, 1.807) is 6.07 Å². The van der Waals surface area contributed by atoms with Crippen LogP contribution in [-0.4, -0.2) is 50.2 Å². The Kier molecular flexibility index (Phi) is 1.21. The highest BCUT2D eigenvalue weighted by atomic mass is 16.5. The number of nitrogens with zero attached hydrogens (tertiary/aromatic N) is 1. The molecule has 0 radical (unpaired) electrons. The van der Waals surface area contributed by atoms with Crippen LogP contribution < -0.4 is 9.47 Å². The third kappa shape index (κ3) is 1.28. The zero-order chi connectivity index (χ0) is 23.5. The van der Waals surface area contributed by atoms with Crippen molar-refractivity contribution in [2.45, 2.75) is 36.4 Å². The van der Waals surface area contributed by atoms with Crippen molar-refractivity contribution in [1.29, 1.82) is 1.43 Å². The Bertz CT molecular complexity index is 1030. The molecule has 0 amide bonds. The minimum absolute atomic E-state index is 0.00923. The summed E-state index contributed by atoms with van der Waals surface area (Å²) < 4.78 is 92.3. The summed E-state index contributed by atoms with van der Waals surface area (Å²) in [6.07, 6.45) is -1.92. The number of aliphatic hydroxyl groups is 1. The molecule has 0 saturated carbocycles. The smallest absolute Gasteiger partial charge is 0.211 e. The molecule has 116 valence electrons. The first kappa shape index (κ1) is 6.54. The number of likely N-dealkylation sites (N-methyl/N-ethyl adjacent to an activating group) is 1. The third-order valence-corrected chi connectivity index (χ3v) is 5.38. The van der Waals surface area contributed by atoms with E-state index in [2.05, 4.69) is 5.11 Å². The Hall–Kier alpha value is -1.52. The molecule has 4 aliphatic rings. The van der Waals surface area contributed by atoms with Gasteiger partial charge in [-0.1, -0.05) is 18.2 Å². The van der Waals surface area contributed by atoms with Gasteiger partial charge in [-0.05, 0) is 38.0 Å². The molecule has 4 nitrogen and oxygen atoms in total. The predicted octanol–water partition coefficient (Wildman–Crippen LogP) is 1.50. The molecule has 1 N–H and O–H groups in total. The first-order chi connectivity index (χ1) is 14.6. The number of methoxy groups -OCH3 is 1. The molecule has 5 rings (SSSR count). The van der Waals surface area contributed by atoms with Crippen molar-refractivity contribution in [3.8, 4) is 11.5 Å². The maximum absolute atomic E-state index is 9.30. The molecular formula is C18H21NO3. The third-order valence-electron chi connectivity index (χ3n) is 5.38. The van der Waals surface area contributed by atoms with Crippen molar-refractivity contribution in [3.05, 3.63) is 35.4 Å². The summed E-state index contributed by atoms with van der Waals surface area (Å²) in [5, 5.41) is 4.67. The van der Waals surface area contributed by atoms with Gasteiger partial charge in [-0.15, -0.1) is 0 Å². The van der Waals surface area contributed by atoms with Crippen LogP contribution >= 0.6 is 0 Å². The second-order valence-electron chi connectivity index (χ2n) is 6.20. The molecule has 22 heavy (non-hydrogen) atoms. The SMILES string of the molecule is [2H]OC1([2H])C=C[C@H]2[C@@]3([2H])Cc4ccc(OC([2H])([2H])[2H])c5c4[C@@]2(CCN3C([2H])([2H])[2H])C1([2H])O5. The lowest BCUT2D eigenvalue weighted by Crippen LogP contribution is -2.64. The van der Waals surface area contributed by atoms with E-state index in [-0.39, 0.29) is 30.9 Å². The van der Waals surface area contributed by atoms with E-state index in [9.17, 15) is 2.74 Å². The van der Waals surface area contributed by atoms with Crippen LogP contribution in [-0.2, 0) is 11.8 Å². The topological polar surface area (TPSA) is 41.9 Å².